The van der Waals surface area contributed by atoms with Crippen molar-refractivity contribution in [3.05, 3.63) is 29.6 Å². The summed E-state index contributed by atoms with van der Waals surface area (Å²) >= 11 is 0. The summed E-state index contributed by atoms with van der Waals surface area (Å²) in [7, 11) is -0.815. The van der Waals surface area contributed by atoms with Crippen molar-refractivity contribution in [3.63, 3.8) is 0 Å². The lowest BCUT2D eigenvalue weighted by molar-refractivity contribution is 0.00578. The van der Waals surface area contributed by atoms with Crippen molar-refractivity contribution in [1.82, 2.24) is 5.32 Å². The predicted molar refractivity (Wildman–Crippen MR) is 87.2 cm³/mol. The molecule has 6 heteroatoms. The highest BCUT2D eigenvalue weighted by molar-refractivity contribution is 6.62. The number of nitrogens with one attached hydrogen (secondary N) is 1. The molecule has 0 bridgehead atoms. The number of hydrogen-bond donors (Lipinski definition) is 1. The van der Waals surface area contributed by atoms with Crippen LogP contribution in [0, 0.1) is 5.82 Å². The van der Waals surface area contributed by atoms with Crippen LogP contribution in [0.4, 0.5) is 4.39 Å². The maximum atomic E-state index is 14.2. The molecule has 4 nitrogen and oxygen atoms in total. The monoisotopic (exact) mass is 319 g/mol. The van der Waals surface area contributed by atoms with E-state index in [1.54, 1.807) is 0 Å². The minimum Gasteiger partial charge on any atom is -0.399 e. The molecule has 0 spiro atoms. The summed E-state index contributed by atoms with van der Waals surface area (Å²) in [6.07, 6.45) is 1.95. The first-order valence-electron chi connectivity index (χ1n) is 8.01. The smallest absolute Gasteiger partial charge is 0.399 e. The van der Waals surface area contributed by atoms with E-state index < -0.39 is 24.1 Å². The topological polar surface area (TPSA) is 47.6 Å². The third kappa shape index (κ3) is 3.02. The summed E-state index contributed by atoms with van der Waals surface area (Å²) in [6.45, 7) is 9.65. The number of carbonyl (C=O) groups is 1. The zero-order valence-electron chi connectivity index (χ0n) is 14.3. The van der Waals surface area contributed by atoms with Gasteiger partial charge in [-0.15, -0.1) is 0 Å². The standard InChI is InChI=1S/C17H23BFNO3/c1-15(2)16(3,4)23-18(22-15)12-10-11(6-7-13(12)19)14(21)20-17(5)8-9-17/h6-7,10H,8-9H2,1-5H3,(H,20,21). The molecule has 3 rings (SSSR count). The molecule has 0 radical (unpaired) electrons. The highest BCUT2D eigenvalue weighted by Gasteiger charge is 2.52. The molecule has 1 aromatic rings. The zero-order chi connectivity index (χ0) is 17.0. The zero-order valence-corrected chi connectivity index (χ0v) is 14.3. The first-order chi connectivity index (χ1) is 10.5. The van der Waals surface area contributed by atoms with E-state index in [-0.39, 0.29) is 16.9 Å². The first kappa shape index (κ1) is 16.5. The Morgan fingerprint density at radius 2 is 1.70 bits per heavy atom. The van der Waals surface area contributed by atoms with Crippen LogP contribution in [0.3, 0.4) is 0 Å². The predicted octanol–water partition coefficient (Wildman–Crippen LogP) is 2.41. The van der Waals surface area contributed by atoms with Crippen LogP contribution in [-0.4, -0.2) is 29.8 Å². The van der Waals surface area contributed by atoms with Crippen molar-refractivity contribution in [3.8, 4) is 0 Å². The number of benzene rings is 1. The lowest BCUT2D eigenvalue weighted by atomic mass is 9.78. The Morgan fingerprint density at radius 1 is 1.13 bits per heavy atom. The van der Waals surface area contributed by atoms with Gasteiger partial charge in [-0.1, -0.05) is 0 Å². The lowest BCUT2D eigenvalue weighted by Crippen LogP contribution is -2.41. The largest absolute Gasteiger partial charge is 0.497 e. The summed E-state index contributed by atoms with van der Waals surface area (Å²) in [5, 5.41) is 2.97. The molecular formula is C17H23BFNO3. The molecule has 124 valence electrons. The minimum atomic E-state index is -0.815. The van der Waals surface area contributed by atoms with Gasteiger partial charge < -0.3 is 14.6 Å². The van der Waals surface area contributed by atoms with Gasteiger partial charge >= 0.3 is 7.12 Å². The van der Waals surface area contributed by atoms with Crippen LogP contribution in [-0.2, 0) is 9.31 Å². The van der Waals surface area contributed by atoms with Gasteiger partial charge in [0.2, 0.25) is 0 Å². The first-order valence-corrected chi connectivity index (χ1v) is 8.01. The van der Waals surface area contributed by atoms with Crippen LogP contribution >= 0.6 is 0 Å². The molecule has 0 atom stereocenters. The van der Waals surface area contributed by atoms with Crippen LogP contribution in [0.15, 0.2) is 18.2 Å². The van der Waals surface area contributed by atoms with Gasteiger partial charge in [-0.2, -0.15) is 0 Å². The van der Waals surface area contributed by atoms with E-state index in [1.807, 2.05) is 34.6 Å². The van der Waals surface area contributed by atoms with Crippen molar-refractivity contribution in [1.29, 1.82) is 0 Å². The van der Waals surface area contributed by atoms with Crippen LogP contribution in [0.1, 0.15) is 57.8 Å². The fourth-order valence-electron chi connectivity index (χ4n) is 2.49. The van der Waals surface area contributed by atoms with Gasteiger partial charge in [0.1, 0.15) is 5.82 Å². The molecule has 2 fully saturated rings. The second-order valence-corrected chi connectivity index (χ2v) is 7.84. The van der Waals surface area contributed by atoms with Gasteiger partial charge in [0.15, 0.2) is 0 Å². The Labute approximate surface area is 136 Å². The Hall–Kier alpha value is -1.40. The van der Waals surface area contributed by atoms with Crippen LogP contribution in [0.25, 0.3) is 0 Å². The summed E-state index contributed by atoms with van der Waals surface area (Å²) in [6, 6.07) is 4.31. The maximum Gasteiger partial charge on any atom is 0.497 e. The van der Waals surface area contributed by atoms with Gasteiger partial charge in [-0.05, 0) is 65.7 Å². The molecular weight excluding hydrogens is 296 g/mol. The van der Waals surface area contributed by atoms with Crippen molar-refractivity contribution in [2.45, 2.75) is 64.2 Å². The Balaban J connectivity index is 1.85. The van der Waals surface area contributed by atoms with Gasteiger partial charge in [-0.25, -0.2) is 4.39 Å². The van der Waals surface area contributed by atoms with Gasteiger partial charge in [-0.3, -0.25) is 4.79 Å². The molecule has 1 heterocycles. The van der Waals surface area contributed by atoms with Crippen molar-refractivity contribution >= 4 is 18.5 Å². The summed E-state index contributed by atoms with van der Waals surface area (Å²) in [5.74, 6) is -0.625. The molecule has 1 aliphatic heterocycles. The quantitative estimate of drug-likeness (QED) is 0.871. The molecule has 23 heavy (non-hydrogen) atoms. The highest BCUT2D eigenvalue weighted by Crippen LogP contribution is 2.37. The summed E-state index contributed by atoms with van der Waals surface area (Å²) in [5.41, 5.74) is -0.537. The van der Waals surface area contributed by atoms with E-state index in [2.05, 4.69) is 5.32 Å². The molecule has 1 aliphatic carbocycles. The minimum absolute atomic E-state index is 0.115. The number of halogens is 1. The van der Waals surface area contributed by atoms with E-state index in [4.69, 9.17) is 9.31 Å². The molecule has 1 amide bonds. The van der Waals surface area contributed by atoms with E-state index >= 15 is 0 Å². The fraction of sp³-hybridized carbons (Fsp3) is 0.588. The third-order valence-corrected chi connectivity index (χ3v) is 5.18. The Bertz CT molecular complexity index is 639. The molecule has 0 unspecified atom stereocenters. The number of amides is 1. The SMILES string of the molecule is CC1(NC(=O)c2ccc(F)c(B3OC(C)(C)C(C)(C)O3)c2)CC1. The molecule has 2 aliphatic rings. The average molecular weight is 319 g/mol. The van der Waals surface area contributed by atoms with Gasteiger partial charge in [0.25, 0.3) is 5.91 Å². The number of carbonyl (C=O) groups excluding carboxylic acids is 1. The summed E-state index contributed by atoms with van der Waals surface area (Å²) < 4.78 is 26.0. The highest BCUT2D eigenvalue weighted by atomic mass is 19.1. The molecule has 1 aromatic carbocycles. The second-order valence-electron chi connectivity index (χ2n) is 7.84. The second kappa shape index (κ2) is 5.05. The van der Waals surface area contributed by atoms with E-state index in [0.29, 0.717) is 5.56 Å². The van der Waals surface area contributed by atoms with E-state index in [1.165, 1.54) is 18.2 Å². The molecule has 0 aromatic heterocycles. The molecule has 1 N–H and O–H groups in total. The Kier molecular flexibility index (Phi) is 3.61. The third-order valence-electron chi connectivity index (χ3n) is 5.18. The maximum absolute atomic E-state index is 14.2. The Morgan fingerprint density at radius 3 is 2.22 bits per heavy atom. The van der Waals surface area contributed by atoms with Crippen LogP contribution in [0.5, 0.6) is 0 Å². The number of rotatable bonds is 3. The average Bonchev–Trinajstić information content (AvgIpc) is 3.09. The molecule has 1 saturated heterocycles. The van der Waals surface area contributed by atoms with E-state index in [0.717, 1.165) is 12.8 Å². The normalized spacial score (nSPS) is 23.7. The van der Waals surface area contributed by atoms with E-state index in [9.17, 15) is 9.18 Å². The fourth-order valence-corrected chi connectivity index (χ4v) is 2.49. The molecule has 1 saturated carbocycles. The van der Waals surface area contributed by atoms with Crippen molar-refractivity contribution in [2.24, 2.45) is 0 Å². The van der Waals surface area contributed by atoms with Crippen molar-refractivity contribution in [2.75, 3.05) is 0 Å². The van der Waals surface area contributed by atoms with Crippen molar-refractivity contribution < 1.29 is 18.5 Å². The summed E-state index contributed by atoms with van der Waals surface area (Å²) in [4.78, 5) is 12.3. The lowest BCUT2D eigenvalue weighted by Gasteiger charge is -2.32. The van der Waals surface area contributed by atoms with Gasteiger partial charge in [0, 0.05) is 16.6 Å². The van der Waals surface area contributed by atoms with Crippen LogP contribution in [0.2, 0.25) is 0 Å². The van der Waals surface area contributed by atoms with Crippen LogP contribution < -0.4 is 10.8 Å². The van der Waals surface area contributed by atoms with Gasteiger partial charge in [0.05, 0.1) is 11.2 Å². The number of hydrogen-bond acceptors (Lipinski definition) is 3.